The van der Waals surface area contributed by atoms with Crippen LogP contribution in [0.1, 0.15) is 12.5 Å². The summed E-state index contributed by atoms with van der Waals surface area (Å²) in [4.78, 5) is 32.9. The normalized spacial score (nSPS) is 19.2. The summed E-state index contributed by atoms with van der Waals surface area (Å²) in [6.07, 6.45) is 0. The number of aliphatic imine (C=N–C) groups is 1. The van der Waals surface area contributed by atoms with Crippen molar-refractivity contribution in [1.82, 2.24) is 14.5 Å². The number of hydrogen-bond donors (Lipinski definition) is 2. The van der Waals surface area contributed by atoms with Crippen LogP contribution in [0.15, 0.2) is 58.4 Å². The van der Waals surface area contributed by atoms with E-state index in [4.69, 9.17) is 0 Å². The van der Waals surface area contributed by atoms with E-state index in [1.54, 1.807) is 34.9 Å². The van der Waals surface area contributed by atoms with E-state index in [9.17, 15) is 22.4 Å². The Morgan fingerprint density at radius 2 is 1.66 bits per heavy atom. The van der Waals surface area contributed by atoms with Crippen molar-refractivity contribution in [2.24, 2.45) is 4.99 Å². The molecule has 0 aliphatic carbocycles. The van der Waals surface area contributed by atoms with Crippen LogP contribution < -0.4 is 10.0 Å². The molecule has 2 aromatic rings. The Kier molecular flexibility index (Phi) is 5.83. The van der Waals surface area contributed by atoms with Crippen LogP contribution in [0.2, 0.25) is 0 Å². The van der Waals surface area contributed by atoms with E-state index in [0.29, 0.717) is 37.4 Å². The van der Waals surface area contributed by atoms with E-state index in [2.05, 4.69) is 15.0 Å². The molecule has 11 heteroatoms. The molecule has 0 bridgehead atoms. The van der Waals surface area contributed by atoms with Gasteiger partial charge >= 0.3 is 6.03 Å². The number of amides is 3. The number of benzene rings is 2. The zero-order chi connectivity index (χ0) is 22.9. The van der Waals surface area contributed by atoms with Gasteiger partial charge in [0.05, 0.1) is 4.90 Å². The van der Waals surface area contributed by atoms with Crippen LogP contribution in [-0.4, -0.2) is 68.2 Å². The first-order valence-electron chi connectivity index (χ1n) is 10.0. The lowest BCUT2D eigenvalue weighted by atomic mass is 10.2. The van der Waals surface area contributed by atoms with E-state index in [1.807, 2.05) is 0 Å². The van der Waals surface area contributed by atoms with Gasteiger partial charge in [-0.15, -0.1) is 0 Å². The van der Waals surface area contributed by atoms with Gasteiger partial charge in [0.15, 0.2) is 0 Å². The molecular weight excluding hydrogens is 437 g/mol. The molecule has 1 atom stereocenters. The fourth-order valence-corrected chi connectivity index (χ4v) is 4.85. The van der Waals surface area contributed by atoms with E-state index < -0.39 is 16.1 Å². The Labute approximate surface area is 185 Å². The summed E-state index contributed by atoms with van der Waals surface area (Å²) in [7, 11) is -3.67. The highest BCUT2D eigenvalue weighted by atomic mass is 32.2. The Morgan fingerprint density at radius 3 is 2.34 bits per heavy atom. The van der Waals surface area contributed by atoms with Gasteiger partial charge in [0.2, 0.25) is 5.91 Å². The molecule has 3 amide bonds. The number of halogens is 1. The number of rotatable bonds is 3. The van der Waals surface area contributed by atoms with Crippen LogP contribution in [0.25, 0.3) is 0 Å². The van der Waals surface area contributed by atoms with Gasteiger partial charge in [-0.25, -0.2) is 17.6 Å². The highest BCUT2D eigenvalue weighted by molar-refractivity contribution is 7.90. The van der Waals surface area contributed by atoms with E-state index in [-0.39, 0.29) is 28.5 Å². The monoisotopic (exact) mass is 459 g/mol. The van der Waals surface area contributed by atoms with Gasteiger partial charge < -0.3 is 15.1 Å². The third-order valence-electron chi connectivity index (χ3n) is 5.32. The molecule has 2 aromatic carbocycles. The van der Waals surface area contributed by atoms with E-state index >= 15 is 0 Å². The number of nitrogens with zero attached hydrogens (tertiary/aromatic N) is 3. The lowest BCUT2D eigenvalue weighted by molar-refractivity contribution is -0.133. The fraction of sp³-hybridized carbons (Fsp3) is 0.286. The molecule has 32 heavy (non-hydrogen) atoms. The van der Waals surface area contributed by atoms with Crippen molar-refractivity contribution in [1.29, 1.82) is 0 Å². The zero-order valence-corrected chi connectivity index (χ0v) is 18.1. The summed E-state index contributed by atoms with van der Waals surface area (Å²) in [6, 6.07) is 10.8. The third-order valence-corrected chi connectivity index (χ3v) is 6.71. The molecule has 1 fully saturated rings. The number of piperazine rings is 1. The molecule has 0 spiro atoms. The molecule has 0 unspecified atom stereocenters. The van der Waals surface area contributed by atoms with Crippen molar-refractivity contribution >= 4 is 33.5 Å². The van der Waals surface area contributed by atoms with Gasteiger partial charge in [-0.2, -0.15) is 0 Å². The molecular formula is C21H22FN5O4S. The molecule has 2 aliphatic rings. The van der Waals surface area contributed by atoms with Crippen molar-refractivity contribution < 1.29 is 22.4 Å². The molecule has 0 aromatic heterocycles. The topological polar surface area (TPSA) is 111 Å². The highest BCUT2D eigenvalue weighted by Gasteiger charge is 2.32. The summed E-state index contributed by atoms with van der Waals surface area (Å²) in [5.74, 6) is -0.486. The predicted octanol–water partition coefficient (Wildman–Crippen LogP) is 1.63. The molecule has 0 radical (unpaired) electrons. The summed E-state index contributed by atoms with van der Waals surface area (Å²) >= 11 is 0. The number of nitrogens with one attached hydrogen (secondary N) is 2. The fourth-order valence-electron chi connectivity index (χ4n) is 3.61. The van der Waals surface area contributed by atoms with Crippen molar-refractivity contribution in [3.63, 3.8) is 0 Å². The van der Waals surface area contributed by atoms with Gasteiger partial charge in [-0.05, 0) is 43.3 Å². The van der Waals surface area contributed by atoms with Crippen LogP contribution in [0.5, 0.6) is 0 Å². The maximum Gasteiger partial charge on any atom is 0.321 e. The first-order chi connectivity index (χ1) is 15.2. The maximum absolute atomic E-state index is 13.0. The van der Waals surface area contributed by atoms with Crippen LogP contribution in [0, 0.1) is 5.82 Å². The van der Waals surface area contributed by atoms with Crippen LogP contribution in [-0.2, 0) is 14.8 Å². The minimum Gasteiger partial charge on any atom is -0.337 e. The molecule has 168 valence electrons. The van der Waals surface area contributed by atoms with Crippen LogP contribution >= 0.6 is 0 Å². The first kappa shape index (κ1) is 21.8. The zero-order valence-electron chi connectivity index (χ0n) is 17.3. The molecule has 0 saturated carbocycles. The summed E-state index contributed by atoms with van der Waals surface area (Å²) in [6.45, 7) is 2.92. The van der Waals surface area contributed by atoms with Crippen molar-refractivity contribution in [2.75, 3.05) is 31.5 Å². The van der Waals surface area contributed by atoms with Gasteiger partial charge in [0.1, 0.15) is 17.7 Å². The lowest BCUT2D eigenvalue weighted by Gasteiger charge is -2.35. The summed E-state index contributed by atoms with van der Waals surface area (Å²) < 4.78 is 39.8. The number of hydrogen-bond acceptors (Lipinski definition) is 5. The van der Waals surface area contributed by atoms with Crippen LogP contribution in [0.4, 0.5) is 14.9 Å². The van der Waals surface area contributed by atoms with Gasteiger partial charge in [0.25, 0.3) is 10.0 Å². The third kappa shape index (κ3) is 4.42. The summed E-state index contributed by atoms with van der Waals surface area (Å²) in [5, 5.41) is 2.70. The Bertz CT molecular complexity index is 1170. The standard InChI is InChI=1S/C21H22FN5O4S/c1-14(23-19-17-4-2-3-5-18(17)32(30,31)25-19)20(28)26-10-12-27(13-11-26)21(29)24-16-8-6-15(22)7-9-16/h2-9,14H,10-13H2,1H3,(H,23,25)(H,24,29)/t14-/m0/s1. The maximum atomic E-state index is 13.0. The predicted molar refractivity (Wildman–Crippen MR) is 116 cm³/mol. The number of fused-ring (bicyclic) bond motifs is 1. The lowest BCUT2D eigenvalue weighted by Crippen LogP contribution is -2.53. The number of anilines is 1. The van der Waals surface area contributed by atoms with Crippen molar-refractivity contribution in [2.45, 2.75) is 17.9 Å². The second-order valence-corrected chi connectivity index (χ2v) is 9.16. The summed E-state index contributed by atoms with van der Waals surface area (Å²) in [5.41, 5.74) is 0.924. The number of amidine groups is 1. The second-order valence-electron chi connectivity index (χ2n) is 7.50. The van der Waals surface area contributed by atoms with Gasteiger partial charge in [-0.1, -0.05) is 12.1 Å². The quantitative estimate of drug-likeness (QED) is 0.727. The molecule has 1 saturated heterocycles. The Hall–Kier alpha value is -3.47. The number of sulfonamides is 1. The SMILES string of the molecule is C[C@H](N=C1NS(=O)(=O)c2ccccc21)C(=O)N1CCN(C(=O)Nc2ccc(F)cc2)CC1. The average Bonchev–Trinajstić information content (AvgIpc) is 3.05. The number of carbonyl (C=O) groups is 2. The van der Waals surface area contributed by atoms with Gasteiger partial charge in [0, 0.05) is 37.4 Å². The number of urea groups is 1. The van der Waals surface area contributed by atoms with Crippen molar-refractivity contribution in [3.05, 3.63) is 59.9 Å². The smallest absolute Gasteiger partial charge is 0.321 e. The van der Waals surface area contributed by atoms with E-state index in [1.165, 1.54) is 30.3 Å². The average molecular weight is 460 g/mol. The van der Waals surface area contributed by atoms with Crippen LogP contribution in [0.3, 0.4) is 0 Å². The first-order valence-corrected chi connectivity index (χ1v) is 11.5. The second kappa shape index (κ2) is 8.58. The minimum atomic E-state index is -3.67. The van der Waals surface area contributed by atoms with E-state index in [0.717, 1.165) is 0 Å². The molecule has 2 heterocycles. The number of carbonyl (C=O) groups excluding carboxylic acids is 2. The van der Waals surface area contributed by atoms with Gasteiger partial charge in [-0.3, -0.25) is 14.5 Å². The molecule has 2 aliphatic heterocycles. The van der Waals surface area contributed by atoms with Crippen molar-refractivity contribution in [3.8, 4) is 0 Å². The Balaban J connectivity index is 1.36. The molecule has 9 nitrogen and oxygen atoms in total. The Morgan fingerprint density at radius 1 is 1.03 bits per heavy atom. The minimum absolute atomic E-state index is 0.138. The molecule has 4 rings (SSSR count). The molecule has 2 N–H and O–H groups in total. The highest BCUT2D eigenvalue weighted by Crippen LogP contribution is 2.23. The largest absolute Gasteiger partial charge is 0.337 e.